The zero-order valence-corrected chi connectivity index (χ0v) is 13.2. The highest BCUT2D eigenvalue weighted by molar-refractivity contribution is 5.99. The van der Waals surface area contributed by atoms with Gasteiger partial charge in [0.25, 0.3) is 0 Å². The van der Waals surface area contributed by atoms with Crippen LogP contribution in [0.2, 0.25) is 0 Å². The fourth-order valence-corrected chi connectivity index (χ4v) is 1.93. The second-order valence-electron chi connectivity index (χ2n) is 5.18. The van der Waals surface area contributed by atoms with E-state index in [1.807, 2.05) is 33.0 Å². The minimum Gasteiger partial charge on any atom is -0.496 e. The van der Waals surface area contributed by atoms with Gasteiger partial charge in [-0.25, -0.2) is 0 Å². The van der Waals surface area contributed by atoms with Gasteiger partial charge >= 0.3 is 0 Å². The van der Waals surface area contributed by atoms with Crippen LogP contribution in [0.15, 0.2) is 23.4 Å². The van der Waals surface area contributed by atoms with Crippen LogP contribution in [0.25, 0.3) is 0 Å². The maximum atomic E-state index is 8.75. The third kappa shape index (κ3) is 5.61. The first-order valence-electron chi connectivity index (χ1n) is 6.92. The fraction of sp³-hybridized carbons (Fsp3) is 0.533. The van der Waals surface area contributed by atoms with Crippen molar-refractivity contribution in [1.29, 1.82) is 0 Å². The van der Waals surface area contributed by atoms with E-state index in [9.17, 15) is 0 Å². The number of ether oxygens (including phenoxy) is 2. The van der Waals surface area contributed by atoms with Gasteiger partial charge in [0, 0.05) is 13.1 Å². The second-order valence-corrected chi connectivity index (χ2v) is 5.18. The summed E-state index contributed by atoms with van der Waals surface area (Å²) in [6, 6.07) is 5.63. The highest BCUT2D eigenvalue weighted by atomic mass is 16.5. The molecule has 0 aliphatic heterocycles. The summed E-state index contributed by atoms with van der Waals surface area (Å²) in [4.78, 5) is 2.17. The van der Waals surface area contributed by atoms with Gasteiger partial charge in [0.2, 0.25) is 0 Å². The van der Waals surface area contributed by atoms with E-state index in [0.29, 0.717) is 17.9 Å². The van der Waals surface area contributed by atoms with Gasteiger partial charge in [-0.3, -0.25) is 4.90 Å². The van der Waals surface area contributed by atoms with Crippen molar-refractivity contribution in [3.8, 4) is 5.75 Å². The molecule has 0 heterocycles. The molecule has 0 aromatic heterocycles. The standard InChI is InChI=1S/C15H25N3O3/c1-11(2)21-8-7-18(3)10-12-5-6-13(15(16)17-19)14(9-12)20-4/h5-6,9,11,19H,7-8,10H2,1-4H3,(H2,16,17). The number of nitrogens with two attached hydrogens (primary N) is 1. The minimum absolute atomic E-state index is 0.0390. The lowest BCUT2D eigenvalue weighted by atomic mass is 10.1. The topological polar surface area (TPSA) is 80.3 Å². The number of benzene rings is 1. The number of oxime groups is 1. The van der Waals surface area contributed by atoms with Crippen LogP contribution in [0.4, 0.5) is 0 Å². The quantitative estimate of drug-likeness (QED) is 0.330. The Morgan fingerprint density at radius 1 is 1.43 bits per heavy atom. The number of rotatable bonds is 8. The third-order valence-electron chi connectivity index (χ3n) is 3.03. The van der Waals surface area contributed by atoms with Gasteiger partial charge < -0.3 is 20.4 Å². The molecule has 0 spiro atoms. The molecule has 3 N–H and O–H groups in total. The SMILES string of the molecule is COc1cc(CN(C)CCOC(C)C)ccc1/C(N)=N/O. The predicted octanol–water partition coefficient (Wildman–Crippen LogP) is 1.65. The summed E-state index contributed by atoms with van der Waals surface area (Å²) in [5.74, 6) is 0.631. The van der Waals surface area contributed by atoms with Crippen LogP contribution in [0.5, 0.6) is 5.75 Å². The molecule has 0 atom stereocenters. The van der Waals surface area contributed by atoms with E-state index < -0.39 is 0 Å². The lowest BCUT2D eigenvalue weighted by molar-refractivity contribution is 0.0627. The Morgan fingerprint density at radius 3 is 2.71 bits per heavy atom. The highest BCUT2D eigenvalue weighted by Crippen LogP contribution is 2.20. The maximum Gasteiger partial charge on any atom is 0.173 e. The van der Waals surface area contributed by atoms with E-state index in [-0.39, 0.29) is 11.9 Å². The first-order valence-corrected chi connectivity index (χ1v) is 6.92. The predicted molar refractivity (Wildman–Crippen MR) is 82.9 cm³/mol. The Balaban J connectivity index is 2.68. The van der Waals surface area contributed by atoms with Crippen LogP contribution >= 0.6 is 0 Å². The minimum atomic E-state index is 0.0390. The molecule has 0 fully saturated rings. The molecule has 0 aliphatic rings. The van der Waals surface area contributed by atoms with Crippen LogP contribution in [0.1, 0.15) is 25.0 Å². The molecular formula is C15H25N3O3. The molecular weight excluding hydrogens is 270 g/mol. The van der Waals surface area contributed by atoms with Gasteiger partial charge in [0.1, 0.15) is 5.75 Å². The number of amidine groups is 1. The van der Waals surface area contributed by atoms with Crippen molar-refractivity contribution in [2.75, 3.05) is 27.3 Å². The van der Waals surface area contributed by atoms with Gasteiger partial charge in [-0.2, -0.15) is 0 Å². The first kappa shape index (κ1) is 17.3. The van der Waals surface area contributed by atoms with Gasteiger partial charge in [0.15, 0.2) is 5.84 Å². The molecule has 0 amide bonds. The van der Waals surface area contributed by atoms with Crippen molar-refractivity contribution < 1.29 is 14.7 Å². The Morgan fingerprint density at radius 2 is 2.14 bits per heavy atom. The van der Waals surface area contributed by atoms with E-state index >= 15 is 0 Å². The molecule has 0 aliphatic carbocycles. The summed E-state index contributed by atoms with van der Waals surface area (Å²) in [6.07, 6.45) is 0.249. The van der Waals surface area contributed by atoms with E-state index in [4.69, 9.17) is 20.4 Å². The second kappa shape index (κ2) is 8.49. The molecule has 1 aromatic rings. The molecule has 0 saturated heterocycles. The number of likely N-dealkylation sites (N-methyl/N-ethyl adjacent to an activating group) is 1. The molecule has 21 heavy (non-hydrogen) atoms. The largest absolute Gasteiger partial charge is 0.496 e. The van der Waals surface area contributed by atoms with E-state index in [0.717, 1.165) is 18.7 Å². The number of methoxy groups -OCH3 is 1. The normalized spacial score (nSPS) is 12.2. The van der Waals surface area contributed by atoms with Crippen molar-refractivity contribution in [3.05, 3.63) is 29.3 Å². The number of hydrogen-bond donors (Lipinski definition) is 2. The zero-order valence-electron chi connectivity index (χ0n) is 13.2. The average Bonchev–Trinajstić information content (AvgIpc) is 2.45. The average molecular weight is 295 g/mol. The maximum absolute atomic E-state index is 8.75. The smallest absolute Gasteiger partial charge is 0.173 e. The lowest BCUT2D eigenvalue weighted by Gasteiger charge is -2.18. The lowest BCUT2D eigenvalue weighted by Crippen LogP contribution is -2.24. The molecule has 0 bridgehead atoms. The Kier molecular flexibility index (Phi) is 6.98. The van der Waals surface area contributed by atoms with Gasteiger partial charge in [-0.05, 0) is 38.6 Å². The van der Waals surface area contributed by atoms with Gasteiger partial charge in [-0.1, -0.05) is 11.2 Å². The molecule has 0 unspecified atom stereocenters. The molecule has 6 heteroatoms. The molecule has 118 valence electrons. The molecule has 6 nitrogen and oxygen atoms in total. The number of nitrogens with zero attached hydrogens (tertiary/aromatic N) is 2. The molecule has 0 radical (unpaired) electrons. The van der Waals surface area contributed by atoms with Crippen LogP contribution < -0.4 is 10.5 Å². The van der Waals surface area contributed by atoms with Crippen LogP contribution in [-0.4, -0.2) is 49.4 Å². The molecule has 0 saturated carbocycles. The van der Waals surface area contributed by atoms with Crippen LogP contribution in [0, 0.1) is 0 Å². The zero-order chi connectivity index (χ0) is 15.8. The summed E-state index contributed by atoms with van der Waals surface area (Å²) in [5, 5.41) is 11.8. The van der Waals surface area contributed by atoms with Crippen LogP contribution in [0.3, 0.4) is 0 Å². The Bertz CT molecular complexity index is 475. The summed E-state index contributed by atoms with van der Waals surface area (Å²) in [6.45, 7) is 6.37. The molecule has 1 rings (SSSR count). The van der Waals surface area contributed by atoms with Crippen molar-refractivity contribution in [2.24, 2.45) is 10.9 Å². The monoisotopic (exact) mass is 295 g/mol. The summed E-state index contributed by atoms with van der Waals surface area (Å²) >= 11 is 0. The van der Waals surface area contributed by atoms with Crippen molar-refractivity contribution in [3.63, 3.8) is 0 Å². The Labute approximate surface area is 126 Å². The van der Waals surface area contributed by atoms with Crippen LogP contribution in [-0.2, 0) is 11.3 Å². The summed E-state index contributed by atoms with van der Waals surface area (Å²) in [5.41, 5.74) is 7.28. The van der Waals surface area contributed by atoms with E-state index in [1.54, 1.807) is 13.2 Å². The van der Waals surface area contributed by atoms with E-state index in [2.05, 4.69) is 10.1 Å². The van der Waals surface area contributed by atoms with Crippen molar-refractivity contribution in [1.82, 2.24) is 4.90 Å². The summed E-state index contributed by atoms with van der Waals surface area (Å²) < 4.78 is 10.8. The van der Waals surface area contributed by atoms with Gasteiger partial charge in [0.05, 0.1) is 25.4 Å². The van der Waals surface area contributed by atoms with Crippen molar-refractivity contribution in [2.45, 2.75) is 26.5 Å². The van der Waals surface area contributed by atoms with E-state index in [1.165, 1.54) is 0 Å². The third-order valence-corrected chi connectivity index (χ3v) is 3.03. The first-order chi connectivity index (χ1) is 9.97. The molecule has 1 aromatic carbocycles. The summed E-state index contributed by atoms with van der Waals surface area (Å²) in [7, 11) is 3.60. The Hall–Kier alpha value is -1.79. The number of hydrogen-bond acceptors (Lipinski definition) is 5. The highest BCUT2D eigenvalue weighted by Gasteiger charge is 2.10. The fourth-order valence-electron chi connectivity index (χ4n) is 1.93. The van der Waals surface area contributed by atoms with Crippen molar-refractivity contribution >= 4 is 5.84 Å². The van der Waals surface area contributed by atoms with Gasteiger partial charge in [-0.15, -0.1) is 0 Å².